The van der Waals surface area contributed by atoms with Gasteiger partial charge in [-0.15, -0.1) is 0 Å². The molecule has 0 heterocycles. The number of carbonyl (C=O) groups is 1. The van der Waals surface area contributed by atoms with Gasteiger partial charge < -0.3 is 0 Å². The van der Waals surface area contributed by atoms with Gasteiger partial charge in [0.25, 0.3) is 0 Å². The zero-order chi connectivity index (χ0) is 10.4. The van der Waals surface area contributed by atoms with Crippen molar-refractivity contribution < 1.29 is 4.79 Å². The van der Waals surface area contributed by atoms with Crippen molar-refractivity contribution in [2.24, 2.45) is 0 Å². The topological polar surface area (TPSA) is 17.1 Å². The number of carbonyl (C=O) groups excluding carboxylic acids is 1. The van der Waals surface area contributed by atoms with E-state index in [-0.39, 0.29) is 5.78 Å². The van der Waals surface area contributed by atoms with Crippen LogP contribution in [0.4, 0.5) is 0 Å². The highest BCUT2D eigenvalue weighted by Gasteiger charge is 1.91. The Bertz CT molecular complexity index is 358. The summed E-state index contributed by atoms with van der Waals surface area (Å²) in [5, 5.41) is 0. The fourth-order valence-corrected chi connectivity index (χ4v) is 0.985. The van der Waals surface area contributed by atoms with Crippen LogP contribution in [0.1, 0.15) is 19.4 Å². The van der Waals surface area contributed by atoms with Gasteiger partial charge in [0.2, 0.25) is 0 Å². The predicted molar refractivity (Wildman–Crippen MR) is 59.9 cm³/mol. The van der Waals surface area contributed by atoms with E-state index in [1.165, 1.54) is 0 Å². The zero-order valence-electron chi connectivity index (χ0n) is 8.53. The Hall–Kier alpha value is -1.63. The van der Waals surface area contributed by atoms with Crippen molar-refractivity contribution >= 4 is 11.9 Å². The van der Waals surface area contributed by atoms with Crippen LogP contribution in [0.3, 0.4) is 0 Å². The van der Waals surface area contributed by atoms with Crippen LogP contribution in [-0.2, 0) is 4.79 Å². The van der Waals surface area contributed by atoms with E-state index in [1.807, 2.05) is 55.5 Å². The zero-order valence-corrected chi connectivity index (χ0v) is 8.53. The largest absolute Gasteiger partial charge is 0.295 e. The minimum absolute atomic E-state index is 0.114. The summed E-state index contributed by atoms with van der Waals surface area (Å²) >= 11 is 0. The SMILES string of the molecule is CC(=O)/C(C)=C/C=C/c1ccccc1. The van der Waals surface area contributed by atoms with Crippen LogP contribution in [0.2, 0.25) is 0 Å². The normalized spacial score (nSPS) is 12.0. The van der Waals surface area contributed by atoms with Gasteiger partial charge in [-0.05, 0) is 25.0 Å². The van der Waals surface area contributed by atoms with Crippen molar-refractivity contribution in [3.05, 3.63) is 53.6 Å². The number of allylic oxidation sites excluding steroid dienone is 3. The Morgan fingerprint density at radius 1 is 1.14 bits per heavy atom. The lowest BCUT2D eigenvalue weighted by Gasteiger charge is -1.91. The summed E-state index contributed by atoms with van der Waals surface area (Å²) in [6.45, 7) is 3.39. The number of rotatable bonds is 3. The van der Waals surface area contributed by atoms with E-state index in [4.69, 9.17) is 0 Å². The first kappa shape index (κ1) is 10.5. The second-order valence-corrected chi connectivity index (χ2v) is 3.18. The molecule has 1 aromatic rings. The van der Waals surface area contributed by atoms with Crippen LogP contribution in [0, 0.1) is 0 Å². The smallest absolute Gasteiger partial charge is 0.155 e. The average Bonchev–Trinajstić information content (AvgIpc) is 2.19. The van der Waals surface area contributed by atoms with Crippen LogP contribution < -0.4 is 0 Å². The number of hydrogen-bond donors (Lipinski definition) is 0. The summed E-state index contributed by atoms with van der Waals surface area (Å²) in [5.74, 6) is 0.114. The summed E-state index contributed by atoms with van der Waals surface area (Å²) in [5.41, 5.74) is 1.91. The molecule has 0 aliphatic heterocycles. The first-order valence-electron chi connectivity index (χ1n) is 4.61. The minimum atomic E-state index is 0.114. The second-order valence-electron chi connectivity index (χ2n) is 3.18. The lowest BCUT2D eigenvalue weighted by Crippen LogP contribution is -1.89. The number of benzene rings is 1. The van der Waals surface area contributed by atoms with E-state index < -0.39 is 0 Å². The van der Waals surface area contributed by atoms with Gasteiger partial charge in [0.05, 0.1) is 0 Å². The highest BCUT2D eigenvalue weighted by atomic mass is 16.1. The van der Waals surface area contributed by atoms with Crippen molar-refractivity contribution in [3.63, 3.8) is 0 Å². The van der Waals surface area contributed by atoms with Crippen molar-refractivity contribution in [3.8, 4) is 0 Å². The maximum absolute atomic E-state index is 10.9. The summed E-state index contributed by atoms with van der Waals surface area (Å²) < 4.78 is 0. The molecule has 0 aliphatic rings. The van der Waals surface area contributed by atoms with Gasteiger partial charge in [-0.1, -0.05) is 48.6 Å². The molecule has 0 fully saturated rings. The van der Waals surface area contributed by atoms with E-state index in [2.05, 4.69) is 0 Å². The Balaban J connectivity index is 2.66. The molecule has 0 atom stereocenters. The molecular weight excluding hydrogens is 172 g/mol. The third kappa shape index (κ3) is 3.40. The predicted octanol–water partition coefficient (Wildman–Crippen LogP) is 3.24. The Morgan fingerprint density at radius 2 is 1.79 bits per heavy atom. The van der Waals surface area contributed by atoms with E-state index >= 15 is 0 Å². The molecule has 1 rings (SSSR count). The second kappa shape index (κ2) is 5.18. The first-order valence-corrected chi connectivity index (χ1v) is 4.61. The van der Waals surface area contributed by atoms with Crippen LogP contribution >= 0.6 is 0 Å². The standard InChI is InChI=1S/C13H14O/c1-11(12(2)14)7-6-10-13-8-4-3-5-9-13/h3-10H,1-2H3/b10-6+,11-7+. The van der Waals surface area contributed by atoms with Gasteiger partial charge in [0, 0.05) is 0 Å². The fourth-order valence-electron chi connectivity index (χ4n) is 0.985. The van der Waals surface area contributed by atoms with E-state index in [0.29, 0.717) is 0 Å². The van der Waals surface area contributed by atoms with Crippen molar-refractivity contribution in [2.45, 2.75) is 13.8 Å². The van der Waals surface area contributed by atoms with Gasteiger partial charge in [-0.3, -0.25) is 4.79 Å². The molecule has 0 radical (unpaired) electrons. The molecule has 0 aliphatic carbocycles. The third-order valence-corrected chi connectivity index (χ3v) is 1.99. The Morgan fingerprint density at radius 3 is 2.36 bits per heavy atom. The highest BCUT2D eigenvalue weighted by molar-refractivity contribution is 5.93. The summed E-state index contributed by atoms with van der Waals surface area (Å²) in [6.07, 6.45) is 5.70. The van der Waals surface area contributed by atoms with Gasteiger partial charge >= 0.3 is 0 Å². The van der Waals surface area contributed by atoms with Crippen LogP contribution in [-0.4, -0.2) is 5.78 Å². The maximum atomic E-state index is 10.9. The molecular formula is C13H14O. The fraction of sp³-hybridized carbons (Fsp3) is 0.154. The number of hydrogen-bond acceptors (Lipinski definition) is 1. The summed E-state index contributed by atoms with van der Waals surface area (Å²) in [6, 6.07) is 10.00. The molecule has 1 nitrogen and oxygen atoms in total. The summed E-state index contributed by atoms with van der Waals surface area (Å²) in [7, 11) is 0. The molecule has 0 saturated carbocycles. The third-order valence-electron chi connectivity index (χ3n) is 1.99. The number of ketones is 1. The molecule has 0 amide bonds. The quantitative estimate of drug-likeness (QED) is 0.523. The van der Waals surface area contributed by atoms with Gasteiger partial charge in [0.1, 0.15) is 0 Å². The Kier molecular flexibility index (Phi) is 3.86. The van der Waals surface area contributed by atoms with Crippen molar-refractivity contribution in [1.82, 2.24) is 0 Å². The molecule has 0 unspecified atom stereocenters. The van der Waals surface area contributed by atoms with Crippen LogP contribution in [0.25, 0.3) is 6.08 Å². The Labute approximate surface area is 84.8 Å². The molecule has 0 saturated heterocycles. The van der Waals surface area contributed by atoms with E-state index in [9.17, 15) is 4.79 Å². The van der Waals surface area contributed by atoms with Gasteiger partial charge in [-0.2, -0.15) is 0 Å². The molecule has 0 aromatic heterocycles. The maximum Gasteiger partial charge on any atom is 0.155 e. The summed E-state index contributed by atoms with van der Waals surface area (Å²) in [4.78, 5) is 10.9. The first-order chi connectivity index (χ1) is 6.70. The van der Waals surface area contributed by atoms with E-state index in [1.54, 1.807) is 6.92 Å². The van der Waals surface area contributed by atoms with Crippen molar-refractivity contribution in [2.75, 3.05) is 0 Å². The number of Topliss-reactive ketones (excluding diaryl/α,β-unsaturated/α-hetero) is 1. The lowest BCUT2D eigenvalue weighted by molar-refractivity contribution is -0.113. The molecule has 72 valence electrons. The molecule has 14 heavy (non-hydrogen) atoms. The molecule has 0 bridgehead atoms. The van der Waals surface area contributed by atoms with Crippen molar-refractivity contribution in [1.29, 1.82) is 0 Å². The molecule has 1 aromatic carbocycles. The van der Waals surface area contributed by atoms with Crippen LogP contribution in [0.5, 0.6) is 0 Å². The molecule has 0 N–H and O–H groups in total. The lowest BCUT2D eigenvalue weighted by atomic mass is 10.1. The minimum Gasteiger partial charge on any atom is -0.295 e. The average molecular weight is 186 g/mol. The van der Waals surface area contributed by atoms with Gasteiger partial charge in [-0.25, -0.2) is 0 Å². The van der Waals surface area contributed by atoms with Crippen LogP contribution in [0.15, 0.2) is 48.1 Å². The highest BCUT2D eigenvalue weighted by Crippen LogP contribution is 2.02. The van der Waals surface area contributed by atoms with Gasteiger partial charge in [0.15, 0.2) is 5.78 Å². The molecule has 1 heteroatoms. The monoisotopic (exact) mass is 186 g/mol. The van der Waals surface area contributed by atoms with E-state index in [0.717, 1.165) is 11.1 Å². The molecule has 0 spiro atoms.